The predicted molar refractivity (Wildman–Crippen MR) is 91.4 cm³/mol. The predicted octanol–water partition coefficient (Wildman–Crippen LogP) is 2.65. The number of urea groups is 1. The van der Waals surface area contributed by atoms with Gasteiger partial charge < -0.3 is 5.32 Å². The van der Waals surface area contributed by atoms with Crippen molar-refractivity contribution >= 4 is 34.1 Å². The maximum absolute atomic E-state index is 12.6. The van der Waals surface area contributed by atoms with Crippen LogP contribution in [0.4, 0.5) is 15.6 Å². The number of hydrogen-bond donors (Lipinski definition) is 1. The molecule has 0 aliphatic carbocycles. The van der Waals surface area contributed by atoms with Crippen molar-refractivity contribution in [1.82, 2.24) is 10.3 Å². The fourth-order valence-corrected chi connectivity index (χ4v) is 3.23. The van der Waals surface area contributed by atoms with Crippen LogP contribution in [0.25, 0.3) is 0 Å². The molecule has 7 heteroatoms. The van der Waals surface area contributed by atoms with E-state index in [0.29, 0.717) is 23.8 Å². The molecule has 0 atom stereocenters. The molecule has 1 aliphatic rings. The number of nitrogens with one attached hydrogen (secondary N) is 1. The zero-order valence-electron chi connectivity index (χ0n) is 13.1. The van der Waals surface area contributed by atoms with Gasteiger partial charge in [0.15, 0.2) is 5.13 Å². The van der Waals surface area contributed by atoms with Crippen LogP contribution in [0.3, 0.4) is 0 Å². The Morgan fingerprint density at radius 3 is 2.96 bits per heavy atom. The number of thiazole rings is 1. The van der Waals surface area contributed by atoms with Gasteiger partial charge in [0.05, 0.1) is 5.69 Å². The van der Waals surface area contributed by atoms with Gasteiger partial charge in [0.25, 0.3) is 5.91 Å². The van der Waals surface area contributed by atoms with Crippen molar-refractivity contribution < 1.29 is 9.59 Å². The van der Waals surface area contributed by atoms with Gasteiger partial charge in [-0.2, -0.15) is 0 Å². The molecule has 1 N–H and O–H groups in total. The van der Waals surface area contributed by atoms with Crippen LogP contribution in [0.15, 0.2) is 29.6 Å². The Bertz CT molecular complexity index is 743. The first-order valence-corrected chi connectivity index (χ1v) is 8.30. The van der Waals surface area contributed by atoms with Gasteiger partial charge >= 0.3 is 6.03 Å². The van der Waals surface area contributed by atoms with Gasteiger partial charge in [-0.25, -0.2) is 9.78 Å². The van der Waals surface area contributed by atoms with E-state index in [9.17, 15) is 9.59 Å². The zero-order valence-corrected chi connectivity index (χ0v) is 13.9. The second-order valence-corrected chi connectivity index (χ2v) is 6.26. The Kier molecular flexibility index (Phi) is 4.29. The topological polar surface area (TPSA) is 65.5 Å². The summed E-state index contributed by atoms with van der Waals surface area (Å²) in [4.78, 5) is 32.1. The van der Waals surface area contributed by atoms with Crippen molar-refractivity contribution in [2.75, 3.05) is 29.9 Å². The lowest BCUT2D eigenvalue weighted by molar-refractivity contribution is 0.0993. The first-order chi connectivity index (χ1) is 11.1. The number of aromatic nitrogens is 1. The first-order valence-electron chi connectivity index (χ1n) is 7.42. The number of carbonyl (C=O) groups is 2. The monoisotopic (exact) mass is 330 g/mol. The van der Waals surface area contributed by atoms with Crippen molar-refractivity contribution in [3.8, 4) is 0 Å². The summed E-state index contributed by atoms with van der Waals surface area (Å²) in [5.74, 6) is -0.140. The molecule has 3 rings (SSSR count). The lowest BCUT2D eigenvalue weighted by Gasteiger charge is -2.27. The van der Waals surface area contributed by atoms with Gasteiger partial charge in [0.2, 0.25) is 0 Å². The molecule has 0 unspecified atom stereocenters. The van der Waals surface area contributed by atoms with Gasteiger partial charge in [-0.05, 0) is 31.5 Å². The van der Waals surface area contributed by atoms with E-state index in [2.05, 4.69) is 10.3 Å². The number of carbonyl (C=O) groups excluding carboxylic acids is 2. The molecule has 1 aromatic carbocycles. The molecule has 0 saturated carbocycles. The highest BCUT2D eigenvalue weighted by Crippen LogP contribution is 2.23. The minimum Gasteiger partial charge on any atom is -0.338 e. The standard InChI is InChI=1S/C16H18N4O2S/c1-11-10-23-16(18-11)19(2)14(21)12-5-3-6-13(9-12)20-8-4-7-17-15(20)22/h3,5-6,9-10H,4,7-8H2,1-2H3,(H,17,22). The summed E-state index contributed by atoms with van der Waals surface area (Å²) in [5.41, 5.74) is 2.16. The number of nitrogens with zero attached hydrogens (tertiary/aromatic N) is 3. The van der Waals surface area contributed by atoms with Crippen LogP contribution < -0.4 is 15.1 Å². The number of aryl methyl sites for hydroxylation is 1. The summed E-state index contributed by atoms with van der Waals surface area (Å²) in [6.07, 6.45) is 0.891. The fourth-order valence-electron chi connectivity index (χ4n) is 2.46. The van der Waals surface area contributed by atoms with E-state index < -0.39 is 0 Å². The number of benzene rings is 1. The number of amides is 3. The molecular formula is C16H18N4O2S. The summed E-state index contributed by atoms with van der Waals surface area (Å²) in [6, 6.07) is 7.03. The molecule has 1 saturated heterocycles. The summed E-state index contributed by atoms with van der Waals surface area (Å²) in [6.45, 7) is 3.25. The molecule has 1 fully saturated rings. The van der Waals surface area contributed by atoms with Crippen molar-refractivity contribution in [2.24, 2.45) is 0 Å². The number of rotatable bonds is 3. The minimum absolute atomic E-state index is 0.121. The Morgan fingerprint density at radius 1 is 1.43 bits per heavy atom. The van der Waals surface area contributed by atoms with Gasteiger partial charge in [0, 0.05) is 36.8 Å². The molecule has 23 heavy (non-hydrogen) atoms. The maximum Gasteiger partial charge on any atom is 0.321 e. The minimum atomic E-state index is -0.140. The molecule has 1 aliphatic heterocycles. The van der Waals surface area contributed by atoms with E-state index in [4.69, 9.17) is 0 Å². The Balaban J connectivity index is 1.84. The average Bonchev–Trinajstić information content (AvgIpc) is 3.00. The van der Waals surface area contributed by atoms with Crippen LogP contribution in [-0.4, -0.2) is 37.1 Å². The molecule has 2 heterocycles. The second-order valence-electron chi connectivity index (χ2n) is 5.42. The summed E-state index contributed by atoms with van der Waals surface area (Å²) in [7, 11) is 1.71. The van der Waals surface area contributed by atoms with Crippen LogP contribution in [-0.2, 0) is 0 Å². The van der Waals surface area contributed by atoms with E-state index in [1.54, 1.807) is 30.1 Å². The average molecular weight is 330 g/mol. The quantitative estimate of drug-likeness (QED) is 0.941. The van der Waals surface area contributed by atoms with E-state index in [0.717, 1.165) is 17.8 Å². The first kappa shape index (κ1) is 15.5. The molecule has 6 nitrogen and oxygen atoms in total. The highest BCUT2D eigenvalue weighted by atomic mass is 32.1. The van der Waals surface area contributed by atoms with Crippen LogP contribution in [0.2, 0.25) is 0 Å². The molecule has 1 aromatic heterocycles. The highest BCUT2D eigenvalue weighted by Gasteiger charge is 2.21. The summed E-state index contributed by atoms with van der Waals surface area (Å²) < 4.78 is 0. The van der Waals surface area contributed by atoms with Gasteiger partial charge in [0.1, 0.15) is 0 Å². The summed E-state index contributed by atoms with van der Waals surface area (Å²) >= 11 is 1.43. The van der Waals surface area contributed by atoms with Crippen molar-refractivity contribution in [2.45, 2.75) is 13.3 Å². The van der Waals surface area contributed by atoms with E-state index >= 15 is 0 Å². The van der Waals surface area contributed by atoms with Crippen LogP contribution in [0.5, 0.6) is 0 Å². The molecule has 2 aromatic rings. The molecule has 120 valence electrons. The normalized spacial score (nSPS) is 14.5. The Labute approximate surface area is 138 Å². The van der Waals surface area contributed by atoms with Gasteiger partial charge in [-0.1, -0.05) is 6.07 Å². The largest absolute Gasteiger partial charge is 0.338 e. The van der Waals surface area contributed by atoms with Crippen molar-refractivity contribution in [3.05, 3.63) is 40.9 Å². The van der Waals surface area contributed by atoms with Gasteiger partial charge in [-0.15, -0.1) is 11.3 Å². The second kappa shape index (κ2) is 6.37. The Morgan fingerprint density at radius 2 is 2.26 bits per heavy atom. The smallest absolute Gasteiger partial charge is 0.321 e. The number of anilines is 2. The summed E-state index contributed by atoms with van der Waals surface area (Å²) in [5, 5.41) is 5.39. The van der Waals surface area contributed by atoms with E-state index in [1.807, 2.05) is 18.4 Å². The molecule has 3 amide bonds. The van der Waals surface area contributed by atoms with E-state index in [1.165, 1.54) is 16.2 Å². The van der Waals surface area contributed by atoms with Crippen LogP contribution in [0.1, 0.15) is 22.5 Å². The van der Waals surface area contributed by atoms with Gasteiger partial charge in [-0.3, -0.25) is 14.6 Å². The molecule has 0 bridgehead atoms. The van der Waals surface area contributed by atoms with E-state index in [-0.39, 0.29) is 11.9 Å². The highest BCUT2D eigenvalue weighted by molar-refractivity contribution is 7.14. The molecule has 0 spiro atoms. The number of hydrogen-bond acceptors (Lipinski definition) is 4. The maximum atomic E-state index is 12.6. The fraction of sp³-hybridized carbons (Fsp3) is 0.312. The zero-order chi connectivity index (χ0) is 16.4. The molecule has 0 radical (unpaired) electrons. The Hall–Kier alpha value is -2.41. The van der Waals surface area contributed by atoms with Crippen LogP contribution >= 0.6 is 11.3 Å². The molecular weight excluding hydrogens is 312 g/mol. The van der Waals surface area contributed by atoms with Crippen LogP contribution in [0, 0.1) is 6.92 Å². The third-order valence-corrected chi connectivity index (χ3v) is 4.72. The SMILES string of the molecule is Cc1csc(N(C)C(=O)c2cccc(N3CCCNC3=O)c2)n1. The third-order valence-electron chi connectivity index (χ3n) is 3.68. The lowest BCUT2D eigenvalue weighted by Crippen LogP contribution is -2.46. The third kappa shape index (κ3) is 3.19. The van der Waals surface area contributed by atoms with Crippen molar-refractivity contribution in [3.63, 3.8) is 0 Å². The van der Waals surface area contributed by atoms with Crippen molar-refractivity contribution in [1.29, 1.82) is 0 Å². The lowest BCUT2D eigenvalue weighted by atomic mass is 10.1.